The molecule has 2 aromatic carbocycles. The van der Waals surface area contributed by atoms with Crippen LogP contribution in [0.3, 0.4) is 0 Å². The van der Waals surface area contributed by atoms with Crippen LogP contribution in [0.2, 0.25) is 0 Å². The number of rotatable bonds is 3. The van der Waals surface area contributed by atoms with Gasteiger partial charge in [0, 0.05) is 11.6 Å². The van der Waals surface area contributed by atoms with Crippen LogP contribution in [0.5, 0.6) is 0 Å². The lowest BCUT2D eigenvalue weighted by Gasteiger charge is -2.08. The van der Waals surface area contributed by atoms with Gasteiger partial charge in [-0.3, -0.25) is 4.79 Å². The molecule has 0 saturated carbocycles. The summed E-state index contributed by atoms with van der Waals surface area (Å²) < 4.78 is 23.6. The third-order valence-electron chi connectivity index (χ3n) is 3.67. The molecule has 2 aromatic heterocycles. The van der Waals surface area contributed by atoms with Gasteiger partial charge >= 0.3 is 0 Å². The second kappa shape index (κ2) is 5.93. The van der Waals surface area contributed by atoms with Crippen LogP contribution in [0.15, 0.2) is 59.4 Å². The second-order valence-electron chi connectivity index (χ2n) is 5.28. The Morgan fingerprint density at radius 3 is 2.71 bits per heavy atom. The van der Waals surface area contributed by atoms with Gasteiger partial charge < -0.3 is 0 Å². The molecule has 0 spiro atoms. The molecule has 0 aliphatic rings. The van der Waals surface area contributed by atoms with Crippen LogP contribution in [-0.4, -0.2) is 18.5 Å². The van der Waals surface area contributed by atoms with Gasteiger partial charge in [-0.1, -0.05) is 18.2 Å². The van der Waals surface area contributed by atoms with E-state index >= 15 is 0 Å². The molecule has 0 amide bonds. The van der Waals surface area contributed by atoms with E-state index in [4.69, 9.17) is 0 Å². The zero-order chi connectivity index (χ0) is 16.5. The summed E-state index contributed by atoms with van der Waals surface area (Å²) in [6.45, 7) is 0.286. The highest BCUT2D eigenvalue weighted by atomic mass is 32.1. The van der Waals surface area contributed by atoms with Gasteiger partial charge in [0.25, 0.3) is 5.56 Å². The molecular weight excluding hydrogens is 327 g/mol. The molecule has 0 aliphatic carbocycles. The monoisotopic (exact) mass is 338 g/mol. The highest BCUT2D eigenvalue weighted by molar-refractivity contribution is 7.00. The Labute approximate surface area is 140 Å². The van der Waals surface area contributed by atoms with Crippen molar-refractivity contribution in [1.29, 1.82) is 0 Å². The lowest BCUT2D eigenvalue weighted by molar-refractivity contribution is 0.621. The van der Waals surface area contributed by atoms with E-state index in [0.717, 1.165) is 28.3 Å². The van der Waals surface area contributed by atoms with Crippen molar-refractivity contribution in [3.05, 3.63) is 76.3 Å². The molecule has 0 atom stereocenters. The van der Waals surface area contributed by atoms with Crippen LogP contribution in [0.4, 0.5) is 4.39 Å². The van der Waals surface area contributed by atoms with E-state index in [-0.39, 0.29) is 17.9 Å². The summed E-state index contributed by atoms with van der Waals surface area (Å²) in [5.74, 6) is -0.370. The van der Waals surface area contributed by atoms with Gasteiger partial charge in [0.2, 0.25) is 0 Å². The first-order valence-corrected chi connectivity index (χ1v) is 7.98. The Morgan fingerprint density at radius 1 is 1.00 bits per heavy atom. The van der Waals surface area contributed by atoms with Gasteiger partial charge in [-0.05, 0) is 35.9 Å². The maximum absolute atomic E-state index is 13.9. The number of hydrogen-bond acceptors (Lipinski definition) is 5. The molecule has 4 aromatic rings. The van der Waals surface area contributed by atoms with E-state index in [1.54, 1.807) is 18.2 Å². The quantitative estimate of drug-likeness (QED) is 0.576. The van der Waals surface area contributed by atoms with Crippen LogP contribution >= 0.6 is 11.7 Å². The van der Waals surface area contributed by atoms with Crippen molar-refractivity contribution in [3.63, 3.8) is 0 Å². The van der Waals surface area contributed by atoms with Crippen molar-refractivity contribution < 1.29 is 4.39 Å². The molecule has 0 unspecified atom stereocenters. The Balaban J connectivity index is 1.73. The van der Waals surface area contributed by atoms with E-state index in [9.17, 15) is 9.18 Å². The average molecular weight is 338 g/mol. The molecule has 0 aliphatic heterocycles. The largest absolute Gasteiger partial charge is 0.268 e. The van der Waals surface area contributed by atoms with Crippen LogP contribution in [0.25, 0.3) is 22.3 Å². The molecule has 118 valence electrons. The zero-order valence-corrected chi connectivity index (χ0v) is 13.2. The third-order valence-corrected chi connectivity index (χ3v) is 4.22. The Hall–Kier alpha value is -2.93. The SMILES string of the molecule is O=c1ccc(-c2ccccc2F)nn1Cc1ccc2nsnc2c1. The predicted octanol–water partition coefficient (Wildman–Crippen LogP) is 3.10. The first-order valence-electron chi connectivity index (χ1n) is 7.25. The summed E-state index contributed by atoms with van der Waals surface area (Å²) in [5.41, 5.74) is 3.04. The molecular formula is C17H11FN4OS. The molecule has 4 rings (SSSR count). The average Bonchev–Trinajstić information content (AvgIpc) is 3.05. The van der Waals surface area contributed by atoms with Crippen molar-refractivity contribution >= 4 is 22.8 Å². The summed E-state index contributed by atoms with van der Waals surface area (Å²) in [7, 11) is 0. The summed E-state index contributed by atoms with van der Waals surface area (Å²) in [5, 5.41) is 4.30. The Bertz CT molecular complexity index is 1090. The summed E-state index contributed by atoms with van der Waals surface area (Å²) in [4.78, 5) is 12.1. The second-order valence-corrected chi connectivity index (χ2v) is 5.81. The number of fused-ring (bicyclic) bond motifs is 1. The molecule has 0 fully saturated rings. The van der Waals surface area contributed by atoms with Crippen molar-refractivity contribution in [3.8, 4) is 11.3 Å². The van der Waals surface area contributed by atoms with Gasteiger partial charge in [0.05, 0.1) is 24.0 Å². The van der Waals surface area contributed by atoms with Gasteiger partial charge in [0.1, 0.15) is 16.9 Å². The molecule has 0 bridgehead atoms. The molecule has 2 heterocycles. The molecule has 0 radical (unpaired) electrons. The van der Waals surface area contributed by atoms with E-state index in [1.807, 2.05) is 18.2 Å². The number of nitrogens with zero attached hydrogens (tertiary/aromatic N) is 4. The normalized spacial score (nSPS) is 11.0. The number of hydrogen-bond donors (Lipinski definition) is 0. The van der Waals surface area contributed by atoms with Crippen molar-refractivity contribution in [1.82, 2.24) is 18.5 Å². The molecule has 0 N–H and O–H groups in total. The van der Waals surface area contributed by atoms with Crippen LogP contribution in [-0.2, 0) is 6.54 Å². The zero-order valence-electron chi connectivity index (χ0n) is 12.4. The standard InChI is InChI=1S/C17H11FN4OS/c18-13-4-2-1-3-12(13)14-7-8-17(23)22(19-14)10-11-5-6-15-16(9-11)21-24-20-15/h1-9H,10H2. The van der Waals surface area contributed by atoms with Crippen molar-refractivity contribution in [2.45, 2.75) is 6.54 Å². The number of benzene rings is 2. The summed E-state index contributed by atoms with van der Waals surface area (Å²) in [6.07, 6.45) is 0. The maximum atomic E-state index is 13.9. The van der Waals surface area contributed by atoms with Crippen LogP contribution in [0, 0.1) is 5.82 Å². The van der Waals surface area contributed by atoms with Gasteiger partial charge in [-0.2, -0.15) is 13.8 Å². The summed E-state index contributed by atoms with van der Waals surface area (Å²) in [6, 6.07) is 14.9. The first kappa shape index (κ1) is 14.6. The third kappa shape index (κ3) is 2.69. The molecule has 24 heavy (non-hydrogen) atoms. The molecule has 0 saturated heterocycles. The lowest BCUT2D eigenvalue weighted by atomic mass is 10.1. The Kier molecular flexibility index (Phi) is 3.62. The lowest BCUT2D eigenvalue weighted by Crippen LogP contribution is -2.22. The van der Waals surface area contributed by atoms with E-state index in [0.29, 0.717) is 11.3 Å². The Morgan fingerprint density at radius 2 is 1.83 bits per heavy atom. The minimum Gasteiger partial charge on any atom is -0.268 e. The fourth-order valence-electron chi connectivity index (χ4n) is 2.47. The molecule has 7 heteroatoms. The maximum Gasteiger partial charge on any atom is 0.267 e. The topological polar surface area (TPSA) is 60.7 Å². The predicted molar refractivity (Wildman–Crippen MR) is 90.4 cm³/mol. The summed E-state index contributed by atoms with van der Waals surface area (Å²) >= 11 is 1.15. The van der Waals surface area contributed by atoms with Gasteiger partial charge in [0.15, 0.2) is 0 Å². The molecule has 5 nitrogen and oxygen atoms in total. The fraction of sp³-hybridized carbons (Fsp3) is 0.0588. The number of aromatic nitrogens is 4. The van der Waals surface area contributed by atoms with Crippen molar-refractivity contribution in [2.75, 3.05) is 0 Å². The fourth-order valence-corrected chi connectivity index (χ4v) is 2.99. The van der Waals surface area contributed by atoms with Crippen LogP contribution < -0.4 is 5.56 Å². The van der Waals surface area contributed by atoms with E-state index < -0.39 is 0 Å². The first-order chi connectivity index (χ1) is 11.7. The highest BCUT2D eigenvalue weighted by Crippen LogP contribution is 2.19. The van der Waals surface area contributed by atoms with E-state index in [1.165, 1.54) is 22.9 Å². The van der Waals surface area contributed by atoms with Crippen LogP contribution in [0.1, 0.15) is 5.56 Å². The minimum absolute atomic E-state index is 0.244. The smallest absolute Gasteiger partial charge is 0.267 e. The van der Waals surface area contributed by atoms with Crippen molar-refractivity contribution in [2.24, 2.45) is 0 Å². The van der Waals surface area contributed by atoms with Gasteiger partial charge in [-0.25, -0.2) is 9.07 Å². The van der Waals surface area contributed by atoms with Gasteiger partial charge in [-0.15, -0.1) is 0 Å². The minimum atomic E-state index is -0.370. The highest BCUT2D eigenvalue weighted by Gasteiger charge is 2.09. The number of halogens is 1. The van der Waals surface area contributed by atoms with E-state index in [2.05, 4.69) is 13.8 Å².